The van der Waals surface area contributed by atoms with Gasteiger partial charge in [0.15, 0.2) is 0 Å². The van der Waals surface area contributed by atoms with E-state index < -0.39 is 11.8 Å². The Balaban J connectivity index is 1.35. The van der Waals surface area contributed by atoms with Crippen molar-refractivity contribution >= 4 is 11.9 Å². The van der Waals surface area contributed by atoms with Gasteiger partial charge in [-0.15, -0.1) is 0 Å². The van der Waals surface area contributed by atoms with E-state index in [1.54, 1.807) is 0 Å². The summed E-state index contributed by atoms with van der Waals surface area (Å²) in [7, 11) is 0. The summed E-state index contributed by atoms with van der Waals surface area (Å²) in [6.45, 7) is 1.81. The lowest BCUT2D eigenvalue weighted by Crippen LogP contribution is -2.38. The zero-order chi connectivity index (χ0) is 14.4. The first-order valence-electron chi connectivity index (χ1n) is 7.42. The number of carbonyl (C=O) groups excluding carboxylic acids is 2. The quantitative estimate of drug-likeness (QED) is 0.489. The summed E-state index contributed by atoms with van der Waals surface area (Å²) in [5.41, 5.74) is 0. The van der Waals surface area contributed by atoms with Crippen LogP contribution in [0.1, 0.15) is 12.8 Å². The molecule has 3 heterocycles. The van der Waals surface area contributed by atoms with Crippen LogP contribution in [0, 0.1) is 11.8 Å². The predicted molar refractivity (Wildman–Crippen MR) is 66.3 cm³/mol. The zero-order valence-electron chi connectivity index (χ0n) is 11.6. The molecule has 4 fully saturated rings. The summed E-state index contributed by atoms with van der Waals surface area (Å²) in [5, 5.41) is 0. The number of hydrogen-bond acceptors (Lipinski definition) is 7. The average Bonchev–Trinajstić information content (AvgIpc) is 3.37. The monoisotopic (exact) mass is 298 g/mol. The number of ether oxygens (including phenoxy) is 5. The molecule has 4 aliphatic rings. The molecular weight excluding hydrogens is 280 g/mol. The molecule has 0 amide bonds. The predicted octanol–water partition coefficient (Wildman–Crippen LogP) is -0.336. The smallest absolute Gasteiger partial charge is 0.310 e. The van der Waals surface area contributed by atoms with Gasteiger partial charge in [0.25, 0.3) is 0 Å². The molecule has 7 nitrogen and oxygen atoms in total. The Morgan fingerprint density at radius 1 is 0.857 bits per heavy atom. The third kappa shape index (κ3) is 3.20. The molecule has 0 aromatic heterocycles. The zero-order valence-corrected chi connectivity index (χ0v) is 11.6. The lowest BCUT2D eigenvalue weighted by Gasteiger charge is -2.26. The minimum atomic E-state index is -0.472. The van der Waals surface area contributed by atoms with E-state index in [1.807, 2.05) is 0 Å². The van der Waals surface area contributed by atoms with Crippen molar-refractivity contribution in [2.75, 3.05) is 26.4 Å². The Morgan fingerprint density at radius 3 is 1.67 bits per heavy atom. The van der Waals surface area contributed by atoms with E-state index in [-0.39, 0.29) is 49.6 Å². The standard InChI is InChI=1S/C14H18O7/c15-13(19-5-7-3-17-7)9-1-11-12(21-11)2-10(9)14(16)20-6-8-4-18-8/h7-12H,1-6H2/t7-,8-,9+,10+,11-,12+/m0/s1. The molecule has 3 saturated heterocycles. The molecule has 7 heteroatoms. The van der Waals surface area contributed by atoms with Crippen LogP contribution >= 0.6 is 0 Å². The fraction of sp³-hybridized carbons (Fsp3) is 0.857. The Labute approximate surface area is 121 Å². The molecule has 1 saturated carbocycles. The van der Waals surface area contributed by atoms with Crippen molar-refractivity contribution in [1.29, 1.82) is 0 Å². The molecular formula is C14H18O7. The molecule has 3 aliphatic heterocycles. The highest BCUT2D eigenvalue weighted by Gasteiger charge is 2.53. The normalized spacial score (nSPS) is 42.7. The van der Waals surface area contributed by atoms with Crippen molar-refractivity contribution in [1.82, 2.24) is 0 Å². The molecule has 0 bridgehead atoms. The number of esters is 2. The Bertz CT molecular complexity index is 403. The van der Waals surface area contributed by atoms with Gasteiger partial charge in [-0.1, -0.05) is 0 Å². The van der Waals surface area contributed by atoms with Gasteiger partial charge in [-0.3, -0.25) is 9.59 Å². The SMILES string of the molecule is O=C(OC[C@@H]1CO1)[C@@H]1C[C@@H]2O[C@@H]2C[C@H]1C(=O)OC[C@@H]1CO1. The molecule has 4 rings (SSSR count). The Kier molecular flexibility index (Phi) is 3.35. The van der Waals surface area contributed by atoms with Gasteiger partial charge in [0.05, 0.1) is 37.3 Å². The fourth-order valence-electron chi connectivity index (χ4n) is 2.84. The maximum Gasteiger partial charge on any atom is 0.310 e. The summed E-state index contributed by atoms with van der Waals surface area (Å²) >= 11 is 0. The lowest BCUT2D eigenvalue weighted by molar-refractivity contribution is -0.162. The first-order valence-corrected chi connectivity index (χ1v) is 7.42. The van der Waals surface area contributed by atoms with Crippen LogP contribution in [0.25, 0.3) is 0 Å². The van der Waals surface area contributed by atoms with Gasteiger partial charge in [-0.05, 0) is 12.8 Å². The van der Waals surface area contributed by atoms with Crippen LogP contribution in [0.2, 0.25) is 0 Å². The number of fused-ring (bicyclic) bond motifs is 1. The third-order valence-corrected chi connectivity index (χ3v) is 4.38. The second-order valence-electron chi connectivity index (χ2n) is 6.07. The van der Waals surface area contributed by atoms with Gasteiger partial charge in [-0.2, -0.15) is 0 Å². The van der Waals surface area contributed by atoms with Crippen molar-refractivity contribution < 1.29 is 33.3 Å². The van der Waals surface area contributed by atoms with E-state index in [9.17, 15) is 9.59 Å². The van der Waals surface area contributed by atoms with Crippen LogP contribution in [-0.4, -0.2) is 62.8 Å². The van der Waals surface area contributed by atoms with E-state index in [2.05, 4.69) is 0 Å². The van der Waals surface area contributed by atoms with E-state index in [1.165, 1.54) is 0 Å². The first-order chi connectivity index (χ1) is 10.2. The van der Waals surface area contributed by atoms with Crippen molar-refractivity contribution in [3.05, 3.63) is 0 Å². The highest BCUT2D eigenvalue weighted by molar-refractivity contribution is 5.82. The van der Waals surface area contributed by atoms with Crippen LogP contribution < -0.4 is 0 Å². The molecule has 21 heavy (non-hydrogen) atoms. The molecule has 6 atom stereocenters. The van der Waals surface area contributed by atoms with Crippen LogP contribution in [0.15, 0.2) is 0 Å². The first kappa shape index (κ1) is 13.5. The maximum absolute atomic E-state index is 12.2. The van der Waals surface area contributed by atoms with E-state index in [0.29, 0.717) is 26.1 Å². The molecule has 0 unspecified atom stereocenters. The van der Waals surface area contributed by atoms with Gasteiger partial charge in [0.1, 0.15) is 25.4 Å². The second kappa shape index (κ2) is 5.23. The van der Waals surface area contributed by atoms with Gasteiger partial charge < -0.3 is 23.7 Å². The molecule has 0 N–H and O–H groups in total. The number of carbonyl (C=O) groups is 2. The van der Waals surface area contributed by atoms with Gasteiger partial charge in [-0.25, -0.2) is 0 Å². The minimum Gasteiger partial charge on any atom is -0.463 e. The second-order valence-corrected chi connectivity index (χ2v) is 6.07. The summed E-state index contributed by atoms with van der Waals surface area (Å²) < 4.78 is 26.0. The highest BCUT2D eigenvalue weighted by atomic mass is 16.6. The lowest BCUT2D eigenvalue weighted by atomic mass is 9.79. The van der Waals surface area contributed by atoms with E-state index in [0.717, 1.165) is 0 Å². The fourth-order valence-corrected chi connectivity index (χ4v) is 2.84. The molecule has 0 spiro atoms. The molecule has 0 radical (unpaired) electrons. The summed E-state index contributed by atoms with van der Waals surface area (Å²) in [4.78, 5) is 24.4. The number of epoxide rings is 3. The van der Waals surface area contributed by atoms with Gasteiger partial charge >= 0.3 is 11.9 Å². The molecule has 116 valence electrons. The maximum atomic E-state index is 12.2. The molecule has 0 aromatic rings. The highest BCUT2D eigenvalue weighted by Crippen LogP contribution is 2.44. The third-order valence-electron chi connectivity index (χ3n) is 4.38. The van der Waals surface area contributed by atoms with Gasteiger partial charge in [0, 0.05) is 0 Å². The average molecular weight is 298 g/mol. The van der Waals surface area contributed by atoms with E-state index in [4.69, 9.17) is 23.7 Å². The summed E-state index contributed by atoms with van der Waals surface area (Å²) in [6.07, 6.45) is 1.31. The Hall–Kier alpha value is -1.18. The van der Waals surface area contributed by atoms with Crippen molar-refractivity contribution in [3.63, 3.8) is 0 Å². The molecule has 0 aromatic carbocycles. The van der Waals surface area contributed by atoms with Crippen molar-refractivity contribution in [3.8, 4) is 0 Å². The van der Waals surface area contributed by atoms with Crippen LogP contribution in [-0.2, 0) is 33.3 Å². The van der Waals surface area contributed by atoms with Crippen molar-refractivity contribution in [2.24, 2.45) is 11.8 Å². The topological polar surface area (TPSA) is 90.2 Å². The van der Waals surface area contributed by atoms with Crippen LogP contribution in [0.4, 0.5) is 0 Å². The number of rotatable bonds is 6. The van der Waals surface area contributed by atoms with Crippen LogP contribution in [0.5, 0.6) is 0 Å². The van der Waals surface area contributed by atoms with Gasteiger partial charge in [0.2, 0.25) is 0 Å². The minimum absolute atomic E-state index is 0.0277. The Morgan fingerprint density at radius 2 is 1.29 bits per heavy atom. The summed E-state index contributed by atoms with van der Waals surface area (Å²) in [5.74, 6) is -1.63. The van der Waals surface area contributed by atoms with Crippen molar-refractivity contribution in [2.45, 2.75) is 37.3 Å². The molecule has 1 aliphatic carbocycles. The summed E-state index contributed by atoms with van der Waals surface area (Å²) in [6, 6.07) is 0. The largest absolute Gasteiger partial charge is 0.463 e. The van der Waals surface area contributed by atoms with Crippen LogP contribution in [0.3, 0.4) is 0 Å². The number of hydrogen-bond donors (Lipinski definition) is 0. The van der Waals surface area contributed by atoms with E-state index >= 15 is 0 Å².